The lowest BCUT2D eigenvalue weighted by atomic mass is 10.1. The van der Waals surface area contributed by atoms with Crippen molar-refractivity contribution in [3.05, 3.63) is 0 Å². The molecule has 4 heteroatoms. The fraction of sp³-hybridized carbons (Fsp3) is 0.944. The van der Waals surface area contributed by atoms with Crippen LogP contribution in [0, 0.1) is 0 Å². The molecule has 1 atom stereocenters. The number of carboxylic acids is 1. The van der Waals surface area contributed by atoms with E-state index in [1.165, 1.54) is 64.2 Å². The van der Waals surface area contributed by atoms with Crippen LogP contribution >= 0.6 is 0 Å². The summed E-state index contributed by atoms with van der Waals surface area (Å²) in [7, 11) is 0. The number of rotatable bonds is 14. The van der Waals surface area contributed by atoms with Gasteiger partial charge in [0.25, 0.3) is 0 Å². The molecule has 5 N–H and O–H groups in total. The molecule has 0 amide bonds. The van der Waals surface area contributed by atoms with E-state index < -0.39 is 12.0 Å². The molecule has 0 saturated heterocycles. The highest BCUT2D eigenvalue weighted by molar-refractivity contribution is 5.72. The van der Waals surface area contributed by atoms with Crippen molar-refractivity contribution in [3.8, 4) is 0 Å². The van der Waals surface area contributed by atoms with Gasteiger partial charge in [0.1, 0.15) is 6.04 Å². The van der Waals surface area contributed by atoms with E-state index in [0.29, 0.717) is 13.0 Å². The van der Waals surface area contributed by atoms with E-state index in [9.17, 15) is 4.79 Å². The predicted octanol–water partition coefficient (Wildman–Crippen LogP) is 4.45. The van der Waals surface area contributed by atoms with Crippen LogP contribution in [0.4, 0.5) is 0 Å². The molecule has 0 fully saturated rings. The number of unbranched alkanes of at least 4 members (excludes halogenated alkanes) is 10. The molecule has 4 nitrogen and oxygen atoms in total. The van der Waals surface area contributed by atoms with Gasteiger partial charge in [-0.1, -0.05) is 84.5 Å². The minimum absolute atomic E-state index is 0.520. The Hall–Kier alpha value is -0.610. The smallest absolute Gasteiger partial charge is 0.320 e. The standard InChI is InChI=1S/C12H26.C6H14N2O2/c1-3-5-7-9-11-12-10-8-6-4-2;7-4-2-1-3-5(8)6(9)10/h3-12H2,1-2H3;5H,1-4,7-8H2,(H,9,10)/t;5-/m.0/s1. The monoisotopic (exact) mass is 316 g/mol. The second-order valence-corrected chi connectivity index (χ2v) is 6.06. The molecule has 0 aliphatic rings. The molecular formula is C18H40N2O2. The molecule has 0 aromatic heterocycles. The van der Waals surface area contributed by atoms with Gasteiger partial charge < -0.3 is 16.6 Å². The molecule has 0 aliphatic carbocycles. The van der Waals surface area contributed by atoms with Gasteiger partial charge in [0, 0.05) is 0 Å². The lowest BCUT2D eigenvalue weighted by Crippen LogP contribution is -2.29. The number of hydrogen-bond donors (Lipinski definition) is 3. The summed E-state index contributed by atoms with van der Waals surface area (Å²) in [5.41, 5.74) is 10.4. The van der Waals surface area contributed by atoms with Gasteiger partial charge in [0.05, 0.1) is 0 Å². The SMILES string of the molecule is CCCCCCCCCCCC.NCCCC[C@H](N)C(=O)O. The molecular weight excluding hydrogens is 276 g/mol. The normalized spacial score (nSPS) is 11.6. The highest BCUT2D eigenvalue weighted by atomic mass is 16.4. The average molecular weight is 317 g/mol. The zero-order valence-electron chi connectivity index (χ0n) is 15.0. The summed E-state index contributed by atoms with van der Waals surface area (Å²) in [6.45, 7) is 5.16. The van der Waals surface area contributed by atoms with E-state index in [2.05, 4.69) is 13.8 Å². The Morgan fingerprint density at radius 2 is 1.23 bits per heavy atom. The van der Waals surface area contributed by atoms with E-state index in [1.54, 1.807) is 0 Å². The van der Waals surface area contributed by atoms with Crippen LogP contribution in [0.25, 0.3) is 0 Å². The third-order valence-electron chi connectivity index (χ3n) is 3.74. The first-order chi connectivity index (χ1) is 10.6. The van der Waals surface area contributed by atoms with E-state index in [1.807, 2.05) is 0 Å². The Morgan fingerprint density at radius 3 is 1.55 bits per heavy atom. The fourth-order valence-corrected chi connectivity index (χ4v) is 2.19. The van der Waals surface area contributed by atoms with Gasteiger partial charge in [-0.2, -0.15) is 0 Å². The van der Waals surface area contributed by atoms with Crippen LogP contribution in [0.1, 0.15) is 97.3 Å². The van der Waals surface area contributed by atoms with E-state index in [4.69, 9.17) is 16.6 Å². The van der Waals surface area contributed by atoms with Crippen LogP contribution in [0.2, 0.25) is 0 Å². The minimum Gasteiger partial charge on any atom is -0.480 e. The van der Waals surface area contributed by atoms with Crippen molar-refractivity contribution in [2.45, 2.75) is 103 Å². The van der Waals surface area contributed by atoms with Crippen molar-refractivity contribution in [2.24, 2.45) is 11.5 Å². The van der Waals surface area contributed by atoms with Crippen molar-refractivity contribution >= 4 is 5.97 Å². The van der Waals surface area contributed by atoms with Crippen molar-refractivity contribution in [1.29, 1.82) is 0 Å². The second kappa shape index (κ2) is 20.4. The first-order valence-electron chi connectivity index (χ1n) is 9.28. The Bertz CT molecular complexity index is 213. The second-order valence-electron chi connectivity index (χ2n) is 6.06. The van der Waals surface area contributed by atoms with Crippen LogP contribution in [0.3, 0.4) is 0 Å². The third-order valence-corrected chi connectivity index (χ3v) is 3.74. The van der Waals surface area contributed by atoms with E-state index >= 15 is 0 Å². The molecule has 0 unspecified atom stereocenters. The zero-order chi connectivity index (χ0) is 17.1. The highest BCUT2D eigenvalue weighted by Gasteiger charge is 2.09. The van der Waals surface area contributed by atoms with E-state index in [0.717, 1.165) is 12.8 Å². The van der Waals surface area contributed by atoms with Crippen LogP contribution in [0.5, 0.6) is 0 Å². The molecule has 0 aliphatic heterocycles. The number of nitrogens with two attached hydrogens (primary N) is 2. The Kier molecular flexibility index (Phi) is 21.9. The first kappa shape index (κ1) is 23.7. The highest BCUT2D eigenvalue weighted by Crippen LogP contribution is 2.09. The summed E-state index contributed by atoms with van der Waals surface area (Å²) in [4.78, 5) is 10.1. The van der Waals surface area contributed by atoms with Crippen molar-refractivity contribution in [1.82, 2.24) is 0 Å². The largest absolute Gasteiger partial charge is 0.480 e. The molecule has 0 bridgehead atoms. The summed E-state index contributed by atoms with van der Waals surface area (Å²) in [5.74, 6) is -0.933. The van der Waals surface area contributed by atoms with Gasteiger partial charge in [0.15, 0.2) is 0 Å². The third kappa shape index (κ3) is 21.7. The molecule has 0 radical (unpaired) electrons. The lowest BCUT2D eigenvalue weighted by Gasteiger charge is -2.03. The van der Waals surface area contributed by atoms with Crippen molar-refractivity contribution in [2.75, 3.05) is 6.54 Å². The molecule has 134 valence electrons. The predicted molar refractivity (Wildman–Crippen MR) is 96.0 cm³/mol. The molecule has 0 aromatic carbocycles. The van der Waals surface area contributed by atoms with Gasteiger partial charge in [-0.25, -0.2) is 0 Å². The first-order valence-corrected chi connectivity index (χ1v) is 9.28. The summed E-state index contributed by atoms with van der Waals surface area (Å²) in [6, 6.07) is -0.716. The topological polar surface area (TPSA) is 89.3 Å². The van der Waals surface area contributed by atoms with Crippen molar-refractivity contribution < 1.29 is 9.90 Å². The van der Waals surface area contributed by atoms with E-state index in [-0.39, 0.29) is 0 Å². The Morgan fingerprint density at radius 1 is 0.818 bits per heavy atom. The average Bonchev–Trinajstić information content (AvgIpc) is 2.50. The van der Waals surface area contributed by atoms with Crippen LogP contribution in [-0.4, -0.2) is 23.7 Å². The van der Waals surface area contributed by atoms with Crippen LogP contribution in [0.15, 0.2) is 0 Å². The minimum atomic E-state index is -0.933. The van der Waals surface area contributed by atoms with Gasteiger partial charge in [-0.3, -0.25) is 4.79 Å². The Balaban J connectivity index is 0. The van der Waals surface area contributed by atoms with Crippen LogP contribution < -0.4 is 11.5 Å². The number of carbonyl (C=O) groups is 1. The summed E-state index contributed by atoms with van der Waals surface area (Å²) < 4.78 is 0. The van der Waals surface area contributed by atoms with Gasteiger partial charge in [-0.05, 0) is 19.4 Å². The van der Waals surface area contributed by atoms with Gasteiger partial charge in [0.2, 0.25) is 0 Å². The van der Waals surface area contributed by atoms with Gasteiger partial charge >= 0.3 is 5.97 Å². The summed E-state index contributed by atoms with van der Waals surface area (Å²) in [6.07, 6.45) is 16.6. The number of carboxylic acid groups (broad SMARTS) is 1. The summed E-state index contributed by atoms with van der Waals surface area (Å²) >= 11 is 0. The zero-order valence-corrected chi connectivity index (χ0v) is 15.0. The van der Waals surface area contributed by atoms with Crippen molar-refractivity contribution in [3.63, 3.8) is 0 Å². The maximum absolute atomic E-state index is 10.1. The Labute approximate surface area is 138 Å². The molecule has 22 heavy (non-hydrogen) atoms. The fourth-order valence-electron chi connectivity index (χ4n) is 2.19. The molecule has 0 spiro atoms. The quantitative estimate of drug-likeness (QED) is 0.413. The molecule has 0 rings (SSSR count). The number of hydrogen-bond acceptors (Lipinski definition) is 3. The van der Waals surface area contributed by atoms with Gasteiger partial charge in [-0.15, -0.1) is 0 Å². The maximum Gasteiger partial charge on any atom is 0.320 e. The maximum atomic E-state index is 10.1. The lowest BCUT2D eigenvalue weighted by molar-refractivity contribution is -0.138. The molecule has 0 aromatic rings. The molecule has 0 saturated carbocycles. The number of aliphatic carboxylic acids is 1. The molecule has 0 heterocycles. The summed E-state index contributed by atoms with van der Waals surface area (Å²) in [5, 5.41) is 8.33. The van der Waals surface area contributed by atoms with Crippen LogP contribution in [-0.2, 0) is 4.79 Å².